The van der Waals surface area contributed by atoms with E-state index in [2.05, 4.69) is 9.97 Å². The lowest BCUT2D eigenvalue weighted by atomic mass is 9.92. The van der Waals surface area contributed by atoms with Crippen molar-refractivity contribution in [3.63, 3.8) is 0 Å². The Kier molecular flexibility index (Phi) is 5.38. The minimum Gasteiger partial charge on any atom is -0.379 e. The molecule has 2 atom stereocenters. The van der Waals surface area contributed by atoms with Gasteiger partial charge in [-0.25, -0.2) is 9.37 Å². The van der Waals surface area contributed by atoms with Gasteiger partial charge in [0.25, 0.3) is 5.91 Å². The first kappa shape index (κ1) is 17.5. The monoisotopic (exact) mass is 343 g/mol. The second-order valence-electron chi connectivity index (χ2n) is 6.32. The average molecular weight is 343 g/mol. The second kappa shape index (κ2) is 7.70. The van der Waals surface area contributed by atoms with E-state index < -0.39 is 0 Å². The third kappa shape index (κ3) is 3.85. The van der Waals surface area contributed by atoms with E-state index in [9.17, 15) is 9.18 Å². The summed E-state index contributed by atoms with van der Waals surface area (Å²) in [4.78, 5) is 23.0. The fraction of sp³-hybridized carbons (Fsp3) is 0.421. The Morgan fingerprint density at radius 1 is 1.32 bits per heavy atom. The molecule has 6 heteroatoms. The topological polar surface area (TPSA) is 55.3 Å². The average Bonchev–Trinajstić information content (AvgIpc) is 2.64. The molecular weight excluding hydrogens is 321 g/mol. The highest BCUT2D eigenvalue weighted by molar-refractivity contribution is 5.92. The summed E-state index contributed by atoms with van der Waals surface area (Å²) in [5.74, 6) is -0.443. The number of ether oxygens (including phenoxy) is 1. The van der Waals surface area contributed by atoms with Crippen LogP contribution in [-0.4, -0.2) is 46.6 Å². The summed E-state index contributed by atoms with van der Waals surface area (Å²) in [5, 5.41) is 0. The molecule has 1 aromatic heterocycles. The Labute approximate surface area is 146 Å². The third-order valence-corrected chi connectivity index (χ3v) is 4.67. The lowest BCUT2D eigenvalue weighted by molar-refractivity contribution is -0.0122. The number of rotatable bonds is 4. The number of aromatic nitrogens is 2. The van der Waals surface area contributed by atoms with E-state index in [1.165, 1.54) is 12.3 Å². The van der Waals surface area contributed by atoms with Gasteiger partial charge in [0.2, 0.25) is 0 Å². The summed E-state index contributed by atoms with van der Waals surface area (Å²) < 4.78 is 19.7. The molecule has 1 saturated heterocycles. The highest BCUT2D eigenvalue weighted by atomic mass is 19.1. The van der Waals surface area contributed by atoms with E-state index in [0.717, 1.165) is 18.5 Å². The van der Waals surface area contributed by atoms with Gasteiger partial charge in [-0.2, -0.15) is 0 Å². The third-order valence-electron chi connectivity index (χ3n) is 4.67. The maximum Gasteiger partial charge on any atom is 0.274 e. The Balaban J connectivity index is 1.88. The van der Waals surface area contributed by atoms with Crippen LogP contribution in [0.15, 0.2) is 36.7 Å². The molecule has 0 spiro atoms. The van der Waals surface area contributed by atoms with Crippen LogP contribution in [-0.2, 0) is 11.2 Å². The van der Waals surface area contributed by atoms with E-state index in [-0.39, 0.29) is 23.9 Å². The molecule has 1 aromatic carbocycles. The number of amides is 1. The molecule has 2 aromatic rings. The van der Waals surface area contributed by atoms with Crippen LogP contribution in [0, 0.1) is 12.7 Å². The van der Waals surface area contributed by atoms with Crippen molar-refractivity contribution < 1.29 is 13.9 Å². The van der Waals surface area contributed by atoms with Crippen LogP contribution in [0.25, 0.3) is 0 Å². The molecule has 2 heterocycles. The Bertz CT molecular complexity index is 736. The summed E-state index contributed by atoms with van der Waals surface area (Å²) in [7, 11) is 1.64. The van der Waals surface area contributed by atoms with E-state index in [1.807, 2.05) is 6.92 Å². The number of nitrogens with zero attached hydrogens (tertiary/aromatic N) is 3. The predicted molar refractivity (Wildman–Crippen MR) is 91.7 cm³/mol. The van der Waals surface area contributed by atoms with Crippen LogP contribution < -0.4 is 0 Å². The van der Waals surface area contributed by atoms with Crippen molar-refractivity contribution >= 4 is 5.91 Å². The maximum atomic E-state index is 14.1. The molecular formula is C19H22FN3O2. The van der Waals surface area contributed by atoms with Gasteiger partial charge in [-0.05, 0) is 37.8 Å². The van der Waals surface area contributed by atoms with Gasteiger partial charge in [-0.15, -0.1) is 0 Å². The number of aryl methyl sites for hydroxylation is 1. The number of carbonyl (C=O) groups is 1. The number of hydrogen-bond acceptors (Lipinski definition) is 4. The molecule has 25 heavy (non-hydrogen) atoms. The fourth-order valence-corrected chi connectivity index (χ4v) is 3.33. The van der Waals surface area contributed by atoms with Gasteiger partial charge in [-0.3, -0.25) is 9.78 Å². The van der Waals surface area contributed by atoms with Crippen molar-refractivity contribution in [3.8, 4) is 0 Å². The lowest BCUT2D eigenvalue weighted by Gasteiger charge is -2.40. The summed E-state index contributed by atoms with van der Waals surface area (Å²) in [5.41, 5.74) is 1.65. The van der Waals surface area contributed by atoms with Gasteiger partial charge in [0.1, 0.15) is 11.5 Å². The van der Waals surface area contributed by atoms with Crippen molar-refractivity contribution in [2.45, 2.75) is 38.3 Å². The van der Waals surface area contributed by atoms with Crippen LogP contribution in [0.4, 0.5) is 4.39 Å². The molecule has 3 rings (SSSR count). The van der Waals surface area contributed by atoms with E-state index in [0.29, 0.717) is 24.2 Å². The van der Waals surface area contributed by atoms with Gasteiger partial charge in [-0.1, -0.05) is 18.2 Å². The summed E-state index contributed by atoms with van der Waals surface area (Å²) in [6, 6.07) is 6.44. The van der Waals surface area contributed by atoms with Gasteiger partial charge >= 0.3 is 0 Å². The van der Waals surface area contributed by atoms with Gasteiger partial charge in [0, 0.05) is 19.9 Å². The number of carbonyl (C=O) groups excluding carboxylic acids is 1. The van der Waals surface area contributed by atoms with Gasteiger partial charge in [0.05, 0.1) is 24.0 Å². The van der Waals surface area contributed by atoms with Crippen molar-refractivity contribution in [3.05, 3.63) is 59.4 Å². The number of piperidine rings is 1. The minimum absolute atomic E-state index is 0.129. The smallest absolute Gasteiger partial charge is 0.274 e. The summed E-state index contributed by atoms with van der Waals surface area (Å²) in [6.07, 6.45) is 5.05. The lowest BCUT2D eigenvalue weighted by Crippen LogP contribution is -2.53. The van der Waals surface area contributed by atoms with Crippen molar-refractivity contribution in [2.75, 3.05) is 13.7 Å². The standard InChI is InChI=1S/C19H22FN3O2/c1-13-11-22-16(12-21-13)19(24)23-9-5-8-18(25-2)17(23)10-14-6-3-4-7-15(14)20/h3-4,6-7,11-12,17-18H,5,8-10H2,1-2H3/t17-,18-/m0/s1. The molecule has 132 valence electrons. The Hall–Kier alpha value is -2.34. The SMILES string of the molecule is CO[C@H]1CCCN(C(=O)c2cnc(C)cn2)[C@H]1Cc1ccccc1F. The van der Waals surface area contributed by atoms with Crippen molar-refractivity contribution in [2.24, 2.45) is 0 Å². The van der Waals surface area contributed by atoms with E-state index in [1.54, 1.807) is 36.4 Å². The largest absolute Gasteiger partial charge is 0.379 e. The van der Waals surface area contributed by atoms with Crippen LogP contribution in [0.2, 0.25) is 0 Å². The molecule has 1 aliphatic heterocycles. The zero-order valence-electron chi connectivity index (χ0n) is 14.5. The number of likely N-dealkylation sites (tertiary alicyclic amines) is 1. The highest BCUT2D eigenvalue weighted by Crippen LogP contribution is 2.25. The second-order valence-corrected chi connectivity index (χ2v) is 6.32. The van der Waals surface area contributed by atoms with E-state index >= 15 is 0 Å². The van der Waals surface area contributed by atoms with Gasteiger partial charge < -0.3 is 9.64 Å². The van der Waals surface area contributed by atoms with Crippen molar-refractivity contribution in [1.29, 1.82) is 0 Å². The Morgan fingerprint density at radius 2 is 2.12 bits per heavy atom. The normalized spacial score (nSPS) is 20.5. The minimum atomic E-state index is -0.259. The van der Waals surface area contributed by atoms with Crippen LogP contribution in [0.3, 0.4) is 0 Å². The molecule has 0 saturated carbocycles. The number of methoxy groups -OCH3 is 1. The summed E-state index contributed by atoms with van der Waals surface area (Å²) >= 11 is 0. The predicted octanol–water partition coefficient (Wildman–Crippen LogP) is 2.79. The molecule has 5 nitrogen and oxygen atoms in total. The molecule has 0 bridgehead atoms. The molecule has 0 aliphatic carbocycles. The highest BCUT2D eigenvalue weighted by Gasteiger charge is 2.35. The van der Waals surface area contributed by atoms with Gasteiger partial charge in [0.15, 0.2) is 0 Å². The Morgan fingerprint density at radius 3 is 2.80 bits per heavy atom. The zero-order chi connectivity index (χ0) is 17.8. The van der Waals surface area contributed by atoms with Crippen LogP contribution in [0.1, 0.15) is 34.6 Å². The van der Waals surface area contributed by atoms with Crippen LogP contribution >= 0.6 is 0 Å². The zero-order valence-corrected chi connectivity index (χ0v) is 14.5. The maximum absolute atomic E-state index is 14.1. The summed E-state index contributed by atoms with van der Waals surface area (Å²) in [6.45, 7) is 2.43. The fourth-order valence-electron chi connectivity index (χ4n) is 3.33. The molecule has 1 amide bonds. The molecule has 0 unspecified atom stereocenters. The van der Waals surface area contributed by atoms with Crippen molar-refractivity contribution in [1.82, 2.24) is 14.9 Å². The first-order valence-electron chi connectivity index (χ1n) is 8.46. The molecule has 0 N–H and O–H groups in total. The van der Waals surface area contributed by atoms with E-state index in [4.69, 9.17) is 4.74 Å². The number of benzene rings is 1. The molecule has 1 fully saturated rings. The number of halogens is 1. The number of hydrogen-bond donors (Lipinski definition) is 0. The molecule has 0 radical (unpaired) electrons. The van der Waals surface area contributed by atoms with Crippen LogP contribution in [0.5, 0.6) is 0 Å². The first-order chi connectivity index (χ1) is 12.1. The quantitative estimate of drug-likeness (QED) is 0.857. The first-order valence-corrected chi connectivity index (χ1v) is 8.46. The molecule has 1 aliphatic rings.